The molecule has 3 heterocycles. The lowest BCUT2D eigenvalue weighted by Crippen LogP contribution is -2.46. The smallest absolute Gasteiger partial charge is 0.254 e. The molecule has 1 atom stereocenters. The van der Waals surface area contributed by atoms with Crippen molar-refractivity contribution in [1.29, 1.82) is 0 Å². The van der Waals surface area contributed by atoms with E-state index >= 15 is 0 Å². The predicted molar refractivity (Wildman–Crippen MR) is 114 cm³/mol. The Morgan fingerprint density at radius 1 is 1.13 bits per heavy atom. The van der Waals surface area contributed by atoms with Crippen LogP contribution in [-0.2, 0) is 6.42 Å². The molecule has 0 spiro atoms. The number of H-pyrrole nitrogens is 1. The third-order valence-corrected chi connectivity index (χ3v) is 6.12. The molecule has 1 saturated heterocycles. The lowest BCUT2D eigenvalue weighted by atomic mass is 9.76. The van der Waals surface area contributed by atoms with Crippen LogP contribution in [0.4, 0.5) is 0 Å². The van der Waals surface area contributed by atoms with Gasteiger partial charge in [0.05, 0.1) is 5.56 Å². The fraction of sp³-hybridized carbons (Fsp3) is 0.333. The first-order chi connectivity index (χ1) is 14.5. The highest BCUT2D eigenvalue weighted by molar-refractivity contribution is 6.06. The fourth-order valence-corrected chi connectivity index (χ4v) is 4.73. The highest BCUT2D eigenvalue weighted by Gasteiger charge is 2.34. The molecule has 0 aliphatic carbocycles. The van der Waals surface area contributed by atoms with Crippen molar-refractivity contribution in [1.82, 2.24) is 9.88 Å². The number of amides is 1. The molecule has 1 fully saturated rings. The van der Waals surface area contributed by atoms with Gasteiger partial charge in [-0.25, -0.2) is 0 Å². The highest BCUT2D eigenvalue weighted by atomic mass is 16.7. The number of nitrogens with zero attached hydrogens (tertiary/aromatic N) is 1. The van der Waals surface area contributed by atoms with Gasteiger partial charge in [-0.3, -0.25) is 9.59 Å². The quantitative estimate of drug-likeness (QED) is 0.722. The summed E-state index contributed by atoms with van der Waals surface area (Å²) in [7, 11) is 0. The summed E-state index contributed by atoms with van der Waals surface area (Å²) in [6, 6.07) is 14.9. The van der Waals surface area contributed by atoms with E-state index < -0.39 is 0 Å². The molecule has 3 aromatic rings. The molecule has 0 bridgehead atoms. The average Bonchev–Trinajstić information content (AvgIpc) is 3.20. The Bertz CT molecular complexity index is 1190. The van der Waals surface area contributed by atoms with Crippen molar-refractivity contribution in [2.45, 2.75) is 26.2 Å². The average molecular weight is 404 g/mol. The minimum atomic E-state index is -0.253. The summed E-state index contributed by atoms with van der Waals surface area (Å²) in [4.78, 5) is 30.2. The Hall–Kier alpha value is -3.28. The summed E-state index contributed by atoms with van der Waals surface area (Å²) in [5.41, 5.74) is 2.04. The predicted octanol–water partition coefficient (Wildman–Crippen LogP) is 3.74. The van der Waals surface area contributed by atoms with Crippen LogP contribution in [0.3, 0.4) is 0 Å². The number of hydrogen-bond acceptors (Lipinski definition) is 4. The van der Waals surface area contributed by atoms with Gasteiger partial charge in [0, 0.05) is 30.1 Å². The zero-order valence-electron chi connectivity index (χ0n) is 16.9. The molecule has 2 aliphatic heterocycles. The van der Waals surface area contributed by atoms with Crippen molar-refractivity contribution in [3.8, 4) is 11.5 Å². The first-order valence-electron chi connectivity index (χ1n) is 10.3. The van der Waals surface area contributed by atoms with Crippen molar-refractivity contribution < 1.29 is 14.3 Å². The van der Waals surface area contributed by atoms with Gasteiger partial charge < -0.3 is 19.4 Å². The topological polar surface area (TPSA) is 71.6 Å². The number of aromatic amines is 1. The van der Waals surface area contributed by atoms with Crippen molar-refractivity contribution in [2.75, 3.05) is 19.9 Å². The zero-order valence-corrected chi connectivity index (χ0v) is 16.9. The van der Waals surface area contributed by atoms with Crippen molar-refractivity contribution in [2.24, 2.45) is 5.41 Å². The zero-order chi connectivity index (χ0) is 20.7. The summed E-state index contributed by atoms with van der Waals surface area (Å²) in [5, 5.41) is 0.783. The number of para-hydroxylation sites is 1. The molecule has 2 aromatic carbocycles. The number of carbonyl (C=O) groups excluding carboxylic acids is 1. The maximum atomic E-state index is 13.4. The second-order valence-electron chi connectivity index (χ2n) is 8.60. The van der Waals surface area contributed by atoms with E-state index in [2.05, 4.69) is 18.0 Å². The number of ether oxygens (including phenoxy) is 2. The number of fused-ring (bicyclic) bond motifs is 2. The van der Waals surface area contributed by atoms with Crippen LogP contribution >= 0.6 is 0 Å². The lowest BCUT2D eigenvalue weighted by molar-refractivity contribution is 0.0552. The van der Waals surface area contributed by atoms with E-state index in [9.17, 15) is 9.59 Å². The van der Waals surface area contributed by atoms with Crippen LogP contribution in [0.25, 0.3) is 10.9 Å². The molecule has 2 aliphatic rings. The number of piperidine rings is 1. The van der Waals surface area contributed by atoms with Crippen molar-refractivity contribution >= 4 is 16.8 Å². The minimum absolute atomic E-state index is 0.0430. The van der Waals surface area contributed by atoms with Crippen LogP contribution in [-0.4, -0.2) is 35.7 Å². The molecular formula is C24H24N2O4. The largest absolute Gasteiger partial charge is 0.454 e. The molecule has 1 aromatic heterocycles. The third kappa shape index (κ3) is 3.43. The second-order valence-corrected chi connectivity index (χ2v) is 8.60. The number of rotatable bonds is 3. The third-order valence-electron chi connectivity index (χ3n) is 6.12. The Morgan fingerprint density at radius 2 is 1.97 bits per heavy atom. The minimum Gasteiger partial charge on any atom is -0.454 e. The number of pyridine rings is 1. The van der Waals surface area contributed by atoms with Crippen LogP contribution in [0.15, 0.2) is 53.3 Å². The number of aromatic nitrogens is 1. The van der Waals surface area contributed by atoms with Crippen LogP contribution in [0.1, 0.15) is 35.7 Å². The summed E-state index contributed by atoms with van der Waals surface area (Å²) in [6.45, 7) is 3.85. The number of benzene rings is 2. The van der Waals surface area contributed by atoms with Gasteiger partial charge in [-0.05, 0) is 48.4 Å². The number of nitrogens with one attached hydrogen (secondary N) is 1. The lowest BCUT2D eigenvalue weighted by Gasteiger charge is -2.41. The van der Waals surface area contributed by atoms with E-state index in [1.165, 1.54) is 11.6 Å². The van der Waals surface area contributed by atoms with E-state index in [0.717, 1.165) is 36.1 Å². The molecule has 0 saturated carbocycles. The standard InChI is InChI=1S/C24H24N2O4/c1-24(13-16-7-8-20-21(11-16)30-15-29-20)9-4-10-26(14-24)23(28)18-12-22(27)25-19-6-3-2-5-17(18)19/h2-3,5-8,11-12H,4,9-10,13-15H2,1H3,(H,25,27). The first kappa shape index (κ1) is 18.7. The van der Waals surface area contributed by atoms with Gasteiger partial charge in [0.2, 0.25) is 12.4 Å². The molecule has 154 valence electrons. The van der Waals surface area contributed by atoms with Gasteiger partial charge >= 0.3 is 0 Å². The van der Waals surface area contributed by atoms with Crippen LogP contribution in [0.5, 0.6) is 11.5 Å². The van der Waals surface area contributed by atoms with E-state index in [1.54, 1.807) is 0 Å². The van der Waals surface area contributed by atoms with Gasteiger partial charge in [-0.15, -0.1) is 0 Å². The number of hydrogen-bond donors (Lipinski definition) is 1. The van der Waals surface area contributed by atoms with Gasteiger partial charge in [0.25, 0.3) is 5.91 Å². The second kappa shape index (κ2) is 7.20. The van der Waals surface area contributed by atoms with E-state index in [4.69, 9.17) is 9.47 Å². The van der Waals surface area contributed by atoms with Crippen molar-refractivity contribution in [3.63, 3.8) is 0 Å². The maximum absolute atomic E-state index is 13.4. The molecule has 1 amide bonds. The molecule has 0 radical (unpaired) electrons. The summed E-state index contributed by atoms with van der Waals surface area (Å²) < 4.78 is 10.9. The molecule has 6 heteroatoms. The van der Waals surface area contributed by atoms with Gasteiger partial charge in [0.15, 0.2) is 11.5 Å². The van der Waals surface area contributed by atoms with Gasteiger partial charge in [0.1, 0.15) is 0 Å². The van der Waals surface area contributed by atoms with Gasteiger partial charge in [-0.1, -0.05) is 31.2 Å². The SMILES string of the molecule is CC1(Cc2ccc3c(c2)OCO3)CCCN(C(=O)c2cc(=O)[nH]c3ccccc23)C1. The Balaban J connectivity index is 1.40. The van der Waals surface area contributed by atoms with E-state index in [1.807, 2.05) is 41.3 Å². The van der Waals surface area contributed by atoms with Gasteiger partial charge in [-0.2, -0.15) is 0 Å². The Labute approximate surface area is 174 Å². The van der Waals surface area contributed by atoms with Crippen LogP contribution in [0, 0.1) is 5.41 Å². The van der Waals surface area contributed by atoms with E-state index in [-0.39, 0.29) is 23.7 Å². The number of carbonyl (C=O) groups is 1. The number of likely N-dealkylation sites (tertiary alicyclic amines) is 1. The summed E-state index contributed by atoms with van der Waals surface area (Å²) in [6.07, 6.45) is 2.83. The molecular weight excluding hydrogens is 380 g/mol. The maximum Gasteiger partial charge on any atom is 0.254 e. The molecule has 30 heavy (non-hydrogen) atoms. The Kier molecular flexibility index (Phi) is 4.50. The molecule has 5 rings (SSSR count). The normalized spacial score (nSPS) is 20.5. The van der Waals surface area contributed by atoms with Crippen LogP contribution < -0.4 is 15.0 Å². The summed E-state index contributed by atoms with van der Waals surface area (Å²) >= 11 is 0. The van der Waals surface area contributed by atoms with Crippen molar-refractivity contribution in [3.05, 3.63) is 70.0 Å². The molecule has 1 unspecified atom stereocenters. The molecule has 1 N–H and O–H groups in total. The monoisotopic (exact) mass is 404 g/mol. The first-order valence-corrected chi connectivity index (χ1v) is 10.3. The van der Waals surface area contributed by atoms with Crippen LogP contribution in [0.2, 0.25) is 0 Å². The van der Waals surface area contributed by atoms with E-state index in [0.29, 0.717) is 24.2 Å². The molecule has 6 nitrogen and oxygen atoms in total. The highest BCUT2D eigenvalue weighted by Crippen LogP contribution is 2.38. The summed E-state index contributed by atoms with van der Waals surface area (Å²) in [5.74, 6) is 1.49. The fourth-order valence-electron chi connectivity index (χ4n) is 4.73. The Morgan fingerprint density at radius 3 is 2.87 bits per heavy atom.